The summed E-state index contributed by atoms with van der Waals surface area (Å²) in [6.45, 7) is 12.6. The van der Waals surface area contributed by atoms with Crippen LogP contribution in [0.15, 0.2) is 24.3 Å². The third-order valence-electron chi connectivity index (χ3n) is 3.89. The molecule has 1 atom stereocenters. The molecule has 108 valence electrons. The van der Waals surface area contributed by atoms with E-state index >= 15 is 0 Å². The Kier molecular flexibility index (Phi) is 6.02. The highest BCUT2D eigenvalue weighted by molar-refractivity contribution is 5.26. The molecule has 0 fully saturated rings. The average molecular weight is 263 g/mol. The first-order valence-corrected chi connectivity index (χ1v) is 7.34. The summed E-state index contributed by atoms with van der Waals surface area (Å²) < 4.78 is 0. The molecule has 1 aromatic carbocycles. The van der Waals surface area contributed by atoms with Gasteiger partial charge in [0.2, 0.25) is 0 Å². The number of hydrogen-bond donors (Lipinski definition) is 2. The van der Waals surface area contributed by atoms with Gasteiger partial charge in [0, 0.05) is 13.1 Å². The second-order valence-electron chi connectivity index (χ2n) is 6.49. The molecule has 0 aliphatic carbocycles. The molecule has 0 aliphatic rings. The van der Waals surface area contributed by atoms with Gasteiger partial charge in [-0.05, 0) is 28.9 Å². The maximum Gasteiger partial charge on any atom is 0.0914 e. The molecule has 0 saturated heterocycles. The van der Waals surface area contributed by atoms with Gasteiger partial charge < -0.3 is 10.4 Å². The highest BCUT2D eigenvalue weighted by Gasteiger charge is 2.15. The van der Waals surface area contributed by atoms with E-state index in [0.717, 1.165) is 18.5 Å². The van der Waals surface area contributed by atoms with Gasteiger partial charge in [0.15, 0.2) is 0 Å². The summed E-state index contributed by atoms with van der Waals surface area (Å²) in [6.07, 6.45) is 0.716. The summed E-state index contributed by atoms with van der Waals surface area (Å²) in [6, 6.07) is 8.29. The number of aliphatic hydroxyl groups is 1. The van der Waals surface area contributed by atoms with Crippen molar-refractivity contribution >= 4 is 0 Å². The normalized spacial score (nSPS) is 13.8. The number of benzene rings is 1. The van der Waals surface area contributed by atoms with Gasteiger partial charge in [0.05, 0.1) is 6.10 Å². The fourth-order valence-corrected chi connectivity index (χ4v) is 1.89. The summed E-state index contributed by atoms with van der Waals surface area (Å²) >= 11 is 0. The maximum atomic E-state index is 10.2. The third-order valence-corrected chi connectivity index (χ3v) is 3.89. The first-order valence-electron chi connectivity index (χ1n) is 7.34. The van der Waals surface area contributed by atoms with Crippen molar-refractivity contribution < 1.29 is 5.11 Å². The molecule has 0 heterocycles. The SMILES string of the molecule is CCC(C)(C)CNCC(O)c1ccc(C(C)C)cc1. The molecule has 1 aromatic rings. The van der Waals surface area contributed by atoms with Crippen molar-refractivity contribution in [2.45, 2.75) is 53.1 Å². The Morgan fingerprint density at radius 3 is 2.11 bits per heavy atom. The highest BCUT2D eigenvalue weighted by atomic mass is 16.3. The van der Waals surface area contributed by atoms with Crippen LogP contribution in [0.1, 0.15) is 64.2 Å². The van der Waals surface area contributed by atoms with Crippen molar-refractivity contribution in [1.29, 1.82) is 0 Å². The van der Waals surface area contributed by atoms with Crippen LogP contribution >= 0.6 is 0 Å². The monoisotopic (exact) mass is 263 g/mol. The quantitative estimate of drug-likeness (QED) is 0.782. The van der Waals surface area contributed by atoms with Crippen LogP contribution in [0, 0.1) is 5.41 Å². The van der Waals surface area contributed by atoms with Gasteiger partial charge in [-0.2, -0.15) is 0 Å². The zero-order chi connectivity index (χ0) is 14.5. The van der Waals surface area contributed by atoms with Gasteiger partial charge in [-0.15, -0.1) is 0 Å². The molecule has 2 heteroatoms. The van der Waals surface area contributed by atoms with Crippen molar-refractivity contribution in [3.05, 3.63) is 35.4 Å². The number of rotatable bonds is 7. The van der Waals surface area contributed by atoms with Crippen LogP contribution < -0.4 is 5.32 Å². The molecule has 2 nitrogen and oxygen atoms in total. The lowest BCUT2D eigenvalue weighted by molar-refractivity contribution is 0.168. The molecule has 19 heavy (non-hydrogen) atoms. The smallest absolute Gasteiger partial charge is 0.0914 e. The fraction of sp³-hybridized carbons (Fsp3) is 0.647. The predicted molar refractivity (Wildman–Crippen MR) is 82.4 cm³/mol. The van der Waals surface area contributed by atoms with Crippen molar-refractivity contribution in [1.82, 2.24) is 5.32 Å². The van der Waals surface area contributed by atoms with Crippen LogP contribution in [-0.2, 0) is 0 Å². The molecule has 0 saturated carbocycles. The molecule has 0 spiro atoms. The zero-order valence-corrected chi connectivity index (χ0v) is 13.0. The summed E-state index contributed by atoms with van der Waals surface area (Å²) in [5.41, 5.74) is 2.60. The van der Waals surface area contributed by atoms with Crippen LogP contribution in [0.3, 0.4) is 0 Å². The van der Waals surface area contributed by atoms with E-state index < -0.39 is 6.10 Å². The Hall–Kier alpha value is -0.860. The van der Waals surface area contributed by atoms with Crippen LogP contribution in [0.4, 0.5) is 0 Å². The second-order valence-corrected chi connectivity index (χ2v) is 6.49. The fourth-order valence-electron chi connectivity index (χ4n) is 1.89. The number of nitrogens with one attached hydrogen (secondary N) is 1. The van der Waals surface area contributed by atoms with Crippen LogP contribution in [0.2, 0.25) is 0 Å². The minimum Gasteiger partial charge on any atom is -0.387 e. The Labute approximate surface area is 118 Å². The van der Waals surface area contributed by atoms with E-state index in [1.165, 1.54) is 5.56 Å². The van der Waals surface area contributed by atoms with Crippen molar-refractivity contribution in [2.75, 3.05) is 13.1 Å². The first kappa shape index (κ1) is 16.2. The first-order chi connectivity index (χ1) is 8.85. The van der Waals surface area contributed by atoms with E-state index in [9.17, 15) is 5.11 Å². The predicted octanol–water partition coefficient (Wildman–Crippen LogP) is 3.87. The van der Waals surface area contributed by atoms with Crippen molar-refractivity contribution in [3.8, 4) is 0 Å². The Balaban J connectivity index is 2.47. The van der Waals surface area contributed by atoms with Crippen LogP contribution in [0.25, 0.3) is 0 Å². The van der Waals surface area contributed by atoms with E-state index in [-0.39, 0.29) is 0 Å². The minimum atomic E-state index is -0.422. The van der Waals surface area contributed by atoms with Gasteiger partial charge in [-0.3, -0.25) is 0 Å². The number of hydrogen-bond acceptors (Lipinski definition) is 2. The molecule has 0 aliphatic heterocycles. The standard InChI is InChI=1S/C17H29NO/c1-6-17(4,5)12-18-11-16(19)15-9-7-14(8-10-15)13(2)3/h7-10,13,16,18-19H,6,11-12H2,1-5H3. The molecule has 1 unspecified atom stereocenters. The summed E-state index contributed by atoms with van der Waals surface area (Å²) in [5, 5.41) is 13.5. The molecule has 1 rings (SSSR count). The molecular formula is C17H29NO. The van der Waals surface area contributed by atoms with E-state index in [1.807, 2.05) is 12.1 Å². The Bertz CT molecular complexity index is 367. The molecule has 0 amide bonds. The Morgan fingerprint density at radius 2 is 1.63 bits per heavy atom. The molecule has 0 bridgehead atoms. The summed E-state index contributed by atoms with van der Waals surface area (Å²) in [5.74, 6) is 0.537. The van der Waals surface area contributed by atoms with Crippen molar-refractivity contribution in [2.24, 2.45) is 5.41 Å². The molecule has 0 aromatic heterocycles. The average Bonchev–Trinajstić information content (AvgIpc) is 2.38. The summed E-state index contributed by atoms with van der Waals surface area (Å²) in [4.78, 5) is 0. The highest BCUT2D eigenvalue weighted by Crippen LogP contribution is 2.20. The lowest BCUT2D eigenvalue weighted by Crippen LogP contribution is -2.31. The topological polar surface area (TPSA) is 32.3 Å². The molecule has 2 N–H and O–H groups in total. The van der Waals surface area contributed by atoms with E-state index in [2.05, 4.69) is 52.1 Å². The van der Waals surface area contributed by atoms with Crippen molar-refractivity contribution in [3.63, 3.8) is 0 Å². The Morgan fingerprint density at radius 1 is 1.11 bits per heavy atom. The van der Waals surface area contributed by atoms with Gasteiger partial charge in [0.25, 0.3) is 0 Å². The lowest BCUT2D eigenvalue weighted by Gasteiger charge is -2.24. The maximum absolute atomic E-state index is 10.2. The van der Waals surface area contributed by atoms with E-state index in [0.29, 0.717) is 17.9 Å². The van der Waals surface area contributed by atoms with E-state index in [4.69, 9.17) is 0 Å². The van der Waals surface area contributed by atoms with Gasteiger partial charge in [0.1, 0.15) is 0 Å². The van der Waals surface area contributed by atoms with E-state index in [1.54, 1.807) is 0 Å². The second kappa shape index (κ2) is 7.06. The zero-order valence-electron chi connectivity index (χ0n) is 13.0. The third kappa shape index (κ3) is 5.33. The molecule has 0 radical (unpaired) electrons. The minimum absolute atomic E-state index is 0.293. The molecular weight excluding hydrogens is 234 g/mol. The lowest BCUT2D eigenvalue weighted by atomic mass is 9.90. The largest absolute Gasteiger partial charge is 0.387 e. The number of aliphatic hydroxyl groups excluding tert-OH is 1. The van der Waals surface area contributed by atoms with Gasteiger partial charge in [-0.25, -0.2) is 0 Å². The van der Waals surface area contributed by atoms with Gasteiger partial charge >= 0.3 is 0 Å². The van der Waals surface area contributed by atoms with Crippen LogP contribution in [0.5, 0.6) is 0 Å². The van der Waals surface area contributed by atoms with Gasteiger partial charge in [-0.1, -0.05) is 58.9 Å². The van der Waals surface area contributed by atoms with Crippen LogP contribution in [-0.4, -0.2) is 18.2 Å². The summed E-state index contributed by atoms with van der Waals surface area (Å²) in [7, 11) is 0.